The molecule has 1 aliphatic heterocycles. The molecule has 6 nitrogen and oxygen atoms in total. The van der Waals surface area contributed by atoms with E-state index in [-0.39, 0.29) is 22.9 Å². The zero-order chi connectivity index (χ0) is 21.8. The molecule has 1 aromatic heterocycles. The van der Waals surface area contributed by atoms with E-state index in [1.54, 1.807) is 18.1 Å². The van der Waals surface area contributed by atoms with Crippen molar-refractivity contribution in [3.63, 3.8) is 0 Å². The molecule has 3 aromatic rings. The van der Waals surface area contributed by atoms with E-state index in [1.807, 2.05) is 36.4 Å². The fourth-order valence-corrected chi connectivity index (χ4v) is 3.79. The maximum Gasteiger partial charge on any atom is 0.227 e. The molecule has 2 heterocycles. The predicted octanol–water partition coefficient (Wildman–Crippen LogP) is 3.84. The molecule has 0 spiro atoms. The molecule has 0 unspecified atom stereocenters. The molecule has 4 rings (SSSR count). The molecule has 0 bridgehead atoms. The van der Waals surface area contributed by atoms with Crippen molar-refractivity contribution in [1.82, 2.24) is 15.1 Å². The molecule has 0 saturated carbocycles. The first-order chi connectivity index (χ1) is 15.0. The summed E-state index contributed by atoms with van der Waals surface area (Å²) in [5.74, 6) is 0.971. The average Bonchev–Trinajstić information content (AvgIpc) is 2.82. The normalized spacial score (nSPS) is 13.9. The Balaban J connectivity index is 1.35. The Hall–Kier alpha value is -3.19. The molecule has 31 heavy (non-hydrogen) atoms. The van der Waals surface area contributed by atoms with Crippen molar-refractivity contribution in [3.05, 3.63) is 71.0 Å². The molecule has 8 heteroatoms. The molecule has 0 radical (unpaired) electrons. The Morgan fingerprint density at radius 3 is 2.39 bits per heavy atom. The number of halogens is 2. The SMILES string of the molecule is COc1ccc(-c2ccc(N3CCN(C(=O)Cc4c(F)cccc4Cl)CC3)nn2)cc1. The van der Waals surface area contributed by atoms with Crippen LogP contribution in [-0.4, -0.2) is 54.3 Å². The molecular weight excluding hydrogens is 419 g/mol. The highest BCUT2D eigenvalue weighted by molar-refractivity contribution is 6.31. The molecule has 0 atom stereocenters. The summed E-state index contributed by atoms with van der Waals surface area (Å²) >= 11 is 6.05. The van der Waals surface area contributed by atoms with Crippen molar-refractivity contribution in [3.8, 4) is 17.0 Å². The minimum absolute atomic E-state index is 0.0398. The van der Waals surface area contributed by atoms with E-state index in [0.717, 1.165) is 22.8 Å². The van der Waals surface area contributed by atoms with E-state index in [9.17, 15) is 9.18 Å². The summed E-state index contributed by atoms with van der Waals surface area (Å²) in [6.07, 6.45) is -0.0398. The molecular formula is C23H22ClFN4O2. The largest absolute Gasteiger partial charge is 0.497 e. The van der Waals surface area contributed by atoms with E-state index in [0.29, 0.717) is 26.2 Å². The van der Waals surface area contributed by atoms with Crippen molar-refractivity contribution in [2.45, 2.75) is 6.42 Å². The fraction of sp³-hybridized carbons (Fsp3) is 0.261. The summed E-state index contributed by atoms with van der Waals surface area (Å²) in [4.78, 5) is 16.4. The molecule has 1 aliphatic rings. The summed E-state index contributed by atoms with van der Waals surface area (Å²) in [5.41, 5.74) is 1.99. The van der Waals surface area contributed by atoms with Crippen molar-refractivity contribution < 1.29 is 13.9 Å². The number of benzene rings is 2. The van der Waals surface area contributed by atoms with Crippen molar-refractivity contribution in [1.29, 1.82) is 0 Å². The van der Waals surface area contributed by atoms with Crippen LogP contribution in [0.1, 0.15) is 5.56 Å². The highest BCUT2D eigenvalue weighted by Gasteiger charge is 2.23. The van der Waals surface area contributed by atoms with E-state index in [1.165, 1.54) is 12.1 Å². The van der Waals surface area contributed by atoms with Gasteiger partial charge >= 0.3 is 0 Å². The fourth-order valence-electron chi connectivity index (χ4n) is 3.56. The van der Waals surface area contributed by atoms with Crippen LogP contribution in [0.4, 0.5) is 10.2 Å². The minimum atomic E-state index is -0.452. The van der Waals surface area contributed by atoms with Gasteiger partial charge in [-0.3, -0.25) is 4.79 Å². The molecule has 1 saturated heterocycles. The van der Waals surface area contributed by atoms with Gasteiger partial charge < -0.3 is 14.5 Å². The van der Waals surface area contributed by atoms with E-state index in [2.05, 4.69) is 15.1 Å². The third-order valence-corrected chi connectivity index (χ3v) is 5.74. The predicted molar refractivity (Wildman–Crippen MR) is 118 cm³/mol. The molecule has 2 aromatic carbocycles. The van der Waals surface area contributed by atoms with Crippen LogP contribution in [0, 0.1) is 5.82 Å². The number of nitrogens with zero attached hydrogens (tertiary/aromatic N) is 4. The van der Waals surface area contributed by atoms with Crippen LogP contribution < -0.4 is 9.64 Å². The number of rotatable bonds is 5. The summed E-state index contributed by atoms with van der Waals surface area (Å²) in [6, 6.07) is 16.0. The lowest BCUT2D eigenvalue weighted by molar-refractivity contribution is -0.130. The third-order valence-electron chi connectivity index (χ3n) is 5.38. The summed E-state index contributed by atoms with van der Waals surface area (Å²) in [5, 5.41) is 8.97. The Bertz CT molecular complexity index is 1030. The van der Waals surface area contributed by atoms with Crippen LogP contribution in [-0.2, 0) is 11.2 Å². The van der Waals surface area contributed by atoms with Crippen LogP contribution in [0.25, 0.3) is 11.3 Å². The Morgan fingerprint density at radius 2 is 1.77 bits per heavy atom. The van der Waals surface area contributed by atoms with Gasteiger partial charge in [-0.15, -0.1) is 10.2 Å². The zero-order valence-electron chi connectivity index (χ0n) is 17.1. The van der Waals surface area contributed by atoms with Crippen LogP contribution in [0.3, 0.4) is 0 Å². The lowest BCUT2D eigenvalue weighted by Gasteiger charge is -2.35. The Labute approximate surface area is 185 Å². The summed E-state index contributed by atoms with van der Waals surface area (Å²) in [6.45, 7) is 2.33. The number of methoxy groups -OCH3 is 1. The highest BCUT2D eigenvalue weighted by Crippen LogP contribution is 2.23. The van der Waals surface area contributed by atoms with Gasteiger partial charge in [0.1, 0.15) is 11.6 Å². The van der Waals surface area contributed by atoms with Crippen LogP contribution in [0.5, 0.6) is 5.75 Å². The third kappa shape index (κ3) is 4.77. The van der Waals surface area contributed by atoms with Gasteiger partial charge in [0.25, 0.3) is 0 Å². The molecule has 0 aliphatic carbocycles. The topological polar surface area (TPSA) is 58.6 Å². The molecule has 0 N–H and O–H groups in total. The second kappa shape index (κ2) is 9.31. The highest BCUT2D eigenvalue weighted by atomic mass is 35.5. The summed E-state index contributed by atoms with van der Waals surface area (Å²) < 4.78 is 19.1. The van der Waals surface area contributed by atoms with E-state index < -0.39 is 5.82 Å². The number of aromatic nitrogens is 2. The summed E-state index contributed by atoms with van der Waals surface area (Å²) in [7, 11) is 1.63. The average molecular weight is 441 g/mol. The van der Waals surface area contributed by atoms with E-state index >= 15 is 0 Å². The number of carbonyl (C=O) groups is 1. The van der Waals surface area contributed by atoms with Gasteiger partial charge in [-0.2, -0.15) is 0 Å². The van der Waals surface area contributed by atoms with Gasteiger partial charge in [0.15, 0.2) is 5.82 Å². The number of ether oxygens (including phenoxy) is 1. The van der Waals surface area contributed by atoms with Crippen LogP contribution in [0.2, 0.25) is 5.02 Å². The number of anilines is 1. The Kier molecular flexibility index (Phi) is 6.32. The van der Waals surface area contributed by atoms with Gasteiger partial charge in [0, 0.05) is 42.3 Å². The Morgan fingerprint density at radius 1 is 1.03 bits per heavy atom. The number of hydrogen-bond donors (Lipinski definition) is 0. The van der Waals surface area contributed by atoms with Gasteiger partial charge in [-0.1, -0.05) is 17.7 Å². The molecule has 1 amide bonds. The monoisotopic (exact) mass is 440 g/mol. The minimum Gasteiger partial charge on any atom is -0.497 e. The number of amides is 1. The number of carbonyl (C=O) groups excluding carboxylic acids is 1. The smallest absolute Gasteiger partial charge is 0.227 e. The second-order valence-electron chi connectivity index (χ2n) is 7.25. The number of piperazine rings is 1. The van der Waals surface area contributed by atoms with Gasteiger partial charge in [0.2, 0.25) is 5.91 Å². The van der Waals surface area contributed by atoms with Crippen molar-refractivity contribution in [2.75, 3.05) is 38.2 Å². The first-order valence-corrected chi connectivity index (χ1v) is 10.4. The lowest BCUT2D eigenvalue weighted by atomic mass is 10.1. The number of hydrogen-bond acceptors (Lipinski definition) is 5. The van der Waals surface area contributed by atoms with Crippen LogP contribution in [0.15, 0.2) is 54.6 Å². The zero-order valence-corrected chi connectivity index (χ0v) is 17.8. The van der Waals surface area contributed by atoms with Crippen LogP contribution >= 0.6 is 11.6 Å². The van der Waals surface area contributed by atoms with Crippen molar-refractivity contribution >= 4 is 23.3 Å². The standard InChI is InChI=1S/C23H22ClFN4O2/c1-31-17-7-5-16(6-8-17)21-9-10-22(27-26-21)28-11-13-29(14-12-28)23(30)15-18-19(24)3-2-4-20(18)25/h2-10H,11-15H2,1H3. The van der Waals surface area contributed by atoms with Gasteiger partial charge in [0.05, 0.1) is 19.2 Å². The quantitative estimate of drug-likeness (QED) is 0.603. The maximum atomic E-state index is 14.0. The first kappa shape index (κ1) is 21.1. The van der Waals surface area contributed by atoms with Crippen molar-refractivity contribution in [2.24, 2.45) is 0 Å². The lowest BCUT2D eigenvalue weighted by Crippen LogP contribution is -2.49. The maximum absolute atomic E-state index is 14.0. The second-order valence-corrected chi connectivity index (χ2v) is 7.66. The molecule has 1 fully saturated rings. The molecule has 160 valence electrons. The van der Waals surface area contributed by atoms with Gasteiger partial charge in [-0.25, -0.2) is 4.39 Å². The first-order valence-electron chi connectivity index (χ1n) is 9.99. The van der Waals surface area contributed by atoms with E-state index in [4.69, 9.17) is 16.3 Å². The van der Waals surface area contributed by atoms with Gasteiger partial charge in [-0.05, 0) is 48.5 Å².